The first-order valence-electron chi connectivity index (χ1n) is 10.1. The number of rotatable bonds is 7. The lowest BCUT2D eigenvalue weighted by Gasteiger charge is -2.32. The van der Waals surface area contributed by atoms with E-state index in [1.54, 1.807) is 0 Å². The summed E-state index contributed by atoms with van der Waals surface area (Å²) in [5.41, 5.74) is 2.62. The molecule has 1 aliphatic heterocycles. The molecule has 4 nitrogen and oxygen atoms in total. The second-order valence-corrected chi connectivity index (χ2v) is 7.53. The van der Waals surface area contributed by atoms with Crippen LogP contribution in [0.5, 0.6) is 0 Å². The van der Waals surface area contributed by atoms with Crippen LogP contribution in [0.15, 0.2) is 67.0 Å². The van der Waals surface area contributed by atoms with E-state index in [4.69, 9.17) is 0 Å². The third kappa shape index (κ3) is 4.83. The summed E-state index contributed by atoms with van der Waals surface area (Å²) in [5.74, 6) is 1.89. The Morgan fingerprint density at radius 2 is 1.59 bits per heavy atom. The van der Waals surface area contributed by atoms with E-state index < -0.39 is 0 Å². The van der Waals surface area contributed by atoms with Crippen molar-refractivity contribution in [3.8, 4) is 5.69 Å². The molecule has 0 radical (unpaired) electrons. The van der Waals surface area contributed by atoms with E-state index in [1.807, 2.05) is 12.4 Å². The molecular formula is C23H28N4. The van der Waals surface area contributed by atoms with Gasteiger partial charge in [0.2, 0.25) is 0 Å². The Hall–Kier alpha value is -2.46. The first kappa shape index (κ1) is 17.9. The van der Waals surface area contributed by atoms with Gasteiger partial charge in [-0.05, 0) is 68.9 Å². The van der Waals surface area contributed by atoms with Crippen LogP contribution >= 0.6 is 0 Å². The average Bonchev–Trinajstić information content (AvgIpc) is 3.19. The molecule has 1 aromatic heterocycles. The van der Waals surface area contributed by atoms with Gasteiger partial charge in [-0.1, -0.05) is 48.5 Å². The van der Waals surface area contributed by atoms with Crippen LogP contribution in [0.2, 0.25) is 0 Å². The zero-order valence-electron chi connectivity index (χ0n) is 15.9. The van der Waals surface area contributed by atoms with Crippen molar-refractivity contribution in [3.05, 3.63) is 78.4 Å². The molecule has 3 aromatic rings. The first-order chi connectivity index (χ1) is 13.4. The molecule has 0 spiro atoms. The van der Waals surface area contributed by atoms with Gasteiger partial charge in [-0.15, -0.1) is 10.2 Å². The summed E-state index contributed by atoms with van der Waals surface area (Å²) in [6.45, 7) is 3.60. The fourth-order valence-electron chi connectivity index (χ4n) is 4.06. The van der Waals surface area contributed by atoms with Crippen molar-refractivity contribution in [1.29, 1.82) is 0 Å². The van der Waals surface area contributed by atoms with Gasteiger partial charge in [0.15, 0.2) is 0 Å². The Labute approximate surface area is 161 Å². The van der Waals surface area contributed by atoms with E-state index in [0.717, 1.165) is 36.8 Å². The Balaban J connectivity index is 1.22. The van der Waals surface area contributed by atoms with Gasteiger partial charge in [0, 0.05) is 12.1 Å². The van der Waals surface area contributed by atoms with E-state index in [9.17, 15) is 0 Å². The number of aromatic nitrogens is 3. The summed E-state index contributed by atoms with van der Waals surface area (Å²) in [6.07, 6.45) is 7.78. The van der Waals surface area contributed by atoms with E-state index in [-0.39, 0.29) is 0 Å². The summed E-state index contributed by atoms with van der Waals surface area (Å²) in [7, 11) is 0. The lowest BCUT2D eigenvalue weighted by Crippen LogP contribution is -2.35. The molecule has 2 heterocycles. The monoisotopic (exact) mass is 360 g/mol. The molecule has 4 rings (SSSR count). The number of piperidine rings is 1. The predicted octanol–water partition coefficient (Wildman–Crippen LogP) is 4.15. The molecule has 1 aliphatic rings. The maximum atomic E-state index is 4.33. The zero-order chi connectivity index (χ0) is 18.3. The van der Waals surface area contributed by atoms with Crippen LogP contribution in [0.4, 0.5) is 0 Å². The van der Waals surface area contributed by atoms with Crippen LogP contribution in [0.3, 0.4) is 0 Å². The third-order valence-electron chi connectivity index (χ3n) is 5.60. The number of hydrogen-bond donors (Lipinski definition) is 0. The van der Waals surface area contributed by atoms with Crippen molar-refractivity contribution < 1.29 is 0 Å². The van der Waals surface area contributed by atoms with Gasteiger partial charge >= 0.3 is 0 Å². The molecule has 0 atom stereocenters. The predicted molar refractivity (Wildman–Crippen MR) is 109 cm³/mol. The maximum Gasteiger partial charge on any atom is 0.137 e. The molecular weight excluding hydrogens is 332 g/mol. The first-order valence-corrected chi connectivity index (χ1v) is 10.1. The molecule has 0 saturated carbocycles. The topological polar surface area (TPSA) is 34.0 Å². The van der Waals surface area contributed by atoms with Gasteiger partial charge in [-0.2, -0.15) is 0 Å². The Morgan fingerprint density at radius 1 is 0.889 bits per heavy atom. The number of benzene rings is 2. The van der Waals surface area contributed by atoms with Gasteiger partial charge in [-0.25, -0.2) is 0 Å². The zero-order valence-corrected chi connectivity index (χ0v) is 15.9. The van der Waals surface area contributed by atoms with Gasteiger partial charge in [0.1, 0.15) is 12.2 Å². The minimum Gasteiger partial charge on any atom is -0.303 e. The minimum absolute atomic E-state index is 0.838. The third-order valence-corrected chi connectivity index (χ3v) is 5.60. The van der Waals surface area contributed by atoms with Crippen LogP contribution in [0, 0.1) is 5.92 Å². The van der Waals surface area contributed by atoms with E-state index in [2.05, 4.69) is 74.3 Å². The highest BCUT2D eigenvalue weighted by Gasteiger charge is 2.19. The van der Waals surface area contributed by atoms with Crippen molar-refractivity contribution in [2.24, 2.45) is 5.92 Å². The molecule has 0 unspecified atom stereocenters. The van der Waals surface area contributed by atoms with Crippen LogP contribution < -0.4 is 0 Å². The van der Waals surface area contributed by atoms with Crippen LogP contribution in [0.25, 0.3) is 5.69 Å². The quantitative estimate of drug-likeness (QED) is 0.635. The van der Waals surface area contributed by atoms with Crippen LogP contribution in [-0.4, -0.2) is 39.3 Å². The average molecular weight is 361 g/mol. The molecule has 0 bridgehead atoms. The van der Waals surface area contributed by atoms with Gasteiger partial charge in [0.25, 0.3) is 0 Å². The lowest BCUT2D eigenvalue weighted by molar-refractivity contribution is 0.182. The smallest absolute Gasteiger partial charge is 0.137 e. The van der Waals surface area contributed by atoms with Crippen molar-refractivity contribution in [3.63, 3.8) is 0 Å². The van der Waals surface area contributed by atoms with Crippen molar-refractivity contribution in [2.45, 2.75) is 32.1 Å². The summed E-state index contributed by atoms with van der Waals surface area (Å²) < 4.78 is 2.10. The molecule has 4 heteroatoms. The van der Waals surface area contributed by atoms with Crippen molar-refractivity contribution in [2.75, 3.05) is 19.6 Å². The van der Waals surface area contributed by atoms with Gasteiger partial charge in [-0.3, -0.25) is 4.57 Å². The van der Waals surface area contributed by atoms with E-state index in [1.165, 1.54) is 37.9 Å². The molecule has 27 heavy (non-hydrogen) atoms. The highest BCUT2D eigenvalue weighted by Crippen LogP contribution is 2.22. The number of aryl methyl sites for hydroxylation is 1. The molecule has 0 amide bonds. The highest BCUT2D eigenvalue weighted by molar-refractivity contribution is 5.31. The highest BCUT2D eigenvalue weighted by atomic mass is 15.3. The standard InChI is InChI=1S/C23H28N4/c1-3-8-20(9-4-1)18-21-13-16-26(17-14-21)15-7-12-23-25-24-19-27(23)22-10-5-2-6-11-22/h1-6,8-11,19,21H,7,12-18H2. The number of nitrogens with zero attached hydrogens (tertiary/aromatic N) is 4. The molecule has 1 fully saturated rings. The molecule has 0 aliphatic carbocycles. The van der Waals surface area contributed by atoms with Crippen molar-refractivity contribution >= 4 is 0 Å². The number of hydrogen-bond acceptors (Lipinski definition) is 3. The van der Waals surface area contributed by atoms with E-state index >= 15 is 0 Å². The molecule has 1 saturated heterocycles. The normalized spacial score (nSPS) is 15.9. The molecule has 2 aromatic carbocycles. The Bertz CT molecular complexity index is 805. The number of para-hydroxylation sites is 1. The Kier molecular flexibility index (Phi) is 5.95. The fraction of sp³-hybridized carbons (Fsp3) is 0.391. The fourth-order valence-corrected chi connectivity index (χ4v) is 4.06. The second-order valence-electron chi connectivity index (χ2n) is 7.53. The van der Waals surface area contributed by atoms with Crippen molar-refractivity contribution in [1.82, 2.24) is 19.7 Å². The SMILES string of the molecule is c1ccc(CC2CCN(CCCc3nncn3-c3ccccc3)CC2)cc1. The maximum absolute atomic E-state index is 4.33. The van der Waals surface area contributed by atoms with Gasteiger partial charge in [0.05, 0.1) is 0 Å². The summed E-state index contributed by atoms with van der Waals surface area (Å²) in [6, 6.07) is 21.3. The molecule has 140 valence electrons. The van der Waals surface area contributed by atoms with Gasteiger partial charge < -0.3 is 4.90 Å². The second kappa shape index (κ2) is 8.96. The minimum atomic E-state index is 0.838. The largest absolute Gasteiger partial charge is 0.303 e. The summed E-state index contributed by atoms with van der Waals surface area (Å²) in [5, 5.41) is 8.44. The molecule has 0 N–H and O–H groups in total. The summed E-state index contributed by atoms with van der Waals surface area (Å²) in [4.78, 5) is 2.62. The number of likely N-dealkylation sites (tertiary alicyclic amines) is 1. The lowest BCUT2D eigenvalue weighted by atomic mass is 9.90. The van der Waals surface area contributed by atoms with Crippen LogP contribution in [-0.2, 0) is 12.8 Å². The van der Waals surface area contributed by atoms with E-state index in [0.29, 0.717) is 0 Å². The van der Waals surface area contributed by atoms with Crippen LogP contribution in [0.1, 0.15) is 30.7 Å². The summed E-state index contributed by atoms with van der Waals surface area (Å²) >= 11 is 0. The Morgan fingerprint density at radius 3 is 2.33 bits per heavy atom.